The number of esters is 1. The van der Waals surface area contributed by atoms with Gasteiger partial charge in [-0.15, -0.1) is 11.3 Å². The molecule has 1 aliphatic carbocycles. The van der Waals surface area contributed by atoms with Crippen molar-refractivity contribution in [3.8, 4) is 5.75 Å². The Morgan fingerprint density at radius 3 is 2.59 bits per heavy atom. The third-order valence-corrected chi connectivity index (χ3v) is 6.16. The van der Waals surface area contributed by atoms with Crippen LogP contribution in [0.3, 0.4) is 0 Å². The molecule has 0 aliphatic heterocycles. The molecule has 2 aromatic rings. The Balaban J connectivity index is 1.84. The second-order valence-electron chi connectivity index (χ2n) is 6.80. The Morgan fingerprint density at radius 1 is 1.24 bits per heavy atom. The number of alkyl halides is 2. The standard InChI is InChI=1S/C21H23F2NO4S/c1-3-12-5-10-15-16(11-12)29-19(17(15)20(26)27-4-2)24-18(25)13-6-8-14(9-7-13)28-21(22)23/h6-9,12,21H,3-5,10-11H2,1-2H3,(H,24,25). The highest BCUT2D eigenvalue weighted by Crippen LogP contribution is 2.41. The van der Waals surface area contributed by atoms with Crippen LogP contribution in [-0.4, -0.2) is 25.1 Å². The molecule has 156 valence electrons. The lowest BCUT2D eigenvalue weighted by atomic mass is 9.85. The van der Waals surface area contributed by atoms with Gasteiger partial charge < -0.3 is 14.8 Å². The number of benzene rings is 1. The molecule has 3 rings (SSSR count). The third kappa shape index (κ3) is 4.93. The van der Waals surface area contributed by atoms with Gasteiger partial charge in [-0.05, 0) is 61.9 Å². The molecule has 29 heavy (non-hydrogen) atoms. The summed E-state index contributed by atoms with van der Waals surface area (Å²) in [5.41, 5.74) is 1.68. The van der Waals surface area contributed by atoms with E-state index in [1.54, 1.807) is 6.92 Å². The summed E-state index contributed by atoms with van der Waals surface area (Å²) in [5.74, 6) is -0.316. The summed E-state index contributed by atoms with van der Waals surface area (Å²) in [6.45, 7) is 1.22. The van der Waals surface area contributed by atoms with Crippen LogP contribution in [0.25, 0.3) is 0 Å². The number of fused-ring (bicyclic) bond motifs is 1. The van der Waals surface area contributed by atoms with Crippen LogP contribution in [-0.2, 0) is 17.6 Å². The molecule has 0 radical (unpaired) electrons. The summed E-state index contributed by atoms with van der Waals surface area (Å²) >= 11 is 1.41. The van der Waals surface area contributed by atoms with E-state index >= 15 is 0 Å². The molecule has 1 N–H and O–H groups in total. The molecule has 1 amide bonds. The van der Waals surface area contributed by atoms with Gasteiger partial charge in [0.25, 0.3) is 5.91 Å². The van der Waals surface area contributed by atoms with Gasteiger partial charge in [0.05, 0.1) is 12.2 Å². The van der Waals surface area contributed by atoms with Gasteiger partial charge >= 0.3 is 12.6 Å². The lowest BCUT2D eigenvalue weighted by Crippen LogP contribution is -2.17. The third-order valence-electron chi connectivity index (χ3n) is 4.99. The van der Waals surface area contributed by atoms with Crippen LogP contribution in [0.15, 0.2) is 24.3 Å². The van der Waals surface area contributed by atoms with Crippen LogP contribution in [0.5, 0.6) is 5.75 Å². The van der Waals surface area contributed by atoms with Crippen molar-refractivity contribution in [1.82, 2.24) is 0 Å². The predicted octanol–water partition coefficient (Wildman–Crippen LogP) is 5.29. The van der Waals surface area contributed by atoms with E-state index in [4.69, 9.17) is 4.74 Å². The quantitative estimate of drug-likeness (QED) is 0.615. The number of halogens is 2. The van der Waals surface area contributed by atoms with Crippen molar-refractivity contribution in [2.45, 2.75) is 46.1 Å². The van der Waals surface area contributed by atoms with Gasteiger partial charge in [0.15, 0.2) is 0 Å². The van der Waals surface area contributed by atoms with Crippen molar-refractivity contribution in [2.24, 2.45) is 5.92 Å². The zero-order valence-corrected chi connectivity index (χ0v) is 17.1. The SMILES string of the molecule is CCOC(=O)c1c(NC(=O)c2ccc(OC(F)F)cc2)sc2c1CCC(CC)C2. The largest absolute Gasteiger partial charge is 0.462 e. The fourth-order valence-electron chi connectivity index (χ4n) is 3.47. The molecule has 5 nitrogen and oxygen atoms in total. The average Bonchev–Trinajstić information content (AvgIpc) is 3.05. The minimum absolute atomic E-state index is 0.0269. The molecule has 0 spiro atoms. The number of rotatable bonds is 7. The van der Waals surface area contributed by atoms with Crippen LogP contribution in [0.1, 0.15) is 57.8 Å². The fourth-order valence-corrected chi connectivity index (χ4v) is 4.82. The predicted molar refractivity (Wildman–Crippen MR) is 107 cm³/mol. The normalized spacial score (nSPS) is 15.7. The van der Waals surface area contributed by atoms with Gasteiger partial charge in [0.1, 0.15) is 10.8 Å². The number of carbonyl (C=O) groups is 2. The summed E-state index contributed by atoms with van der Waals surface area (Å²) in [6.07, 6.45) is 3.75. The van der Waals surface area contributed by atoms with Crippen molar-refractivity contribution in [3.63, 3.8) is 0 Å². The highest BCUT2D eigenvalue weighted by atomic mass is 32.1. The van der Waals surface area contributed by atoms with Crippen LogP contribution >= 0.6 is 11.3 Å². The first-order valence-electron chi connectivity index (χ1n) is 9.60. The van der Waals surface area contributed by atoms with E-state index in [1.807, 2.05) is 0 Å². The van der Waals surface area contributed by atoms with E-state index < -0.39 is 18.5 Å². The molecule has 0 bridgehead atoms. The molecular formula is C21H23F2NO4S. The van der Waals surface area contributed by atoms with Crippen LogP contribution < -0.4 is 10.1 Å². The van der Waals surface area contributed by atoms with Crippen LogP contribution in [0.4, 0.5) is 13.8 Å². The number of hydrogen-bond acceptors (Lipinski definition) is 5. The maximum Gasteiger partial charge on any atom is 0.387 e. The first-order chi connectivity index (χ1) is 13.9. The zero-order chi connectivity index (χ0) is 21.0. The monoisotopic (exact) mass is 423 g/mol. The summed E-state index contributed by atoms with van der Waals surface area (Å²) in [6, 6.07) is 5.41. The minimum atomic E-state index is -2.92. The van der Waals surface area contributed by atoms with Crippen molar-refractivity contribution in [2.75, 3.05) is 11.9 Å². The van der Waals surface area contributed by atoms with Crippen LogP contribution in [0, 0.1) is 5.92 Å². The van der Waals surface area contributed by atoms with E-state index in [2.05, 4.69) is 17.0 Å². The lowest BCUT2D eigenvalue weighted by molar-refractivity contribution is -0.0498. The smallest absolute Gasteiger partial charge is 0.387 e. The first kappa shape index (κ1) is 21.2. The molecule has 1 heterocycles. The van der Waals surface area contributed by atoms with E-state index in [-0.39, 0.29) is 17.9 Å². The molecule has 1 aromatic carbocycles. The highest BCUT2D eigenvalue weighted by molar-refractivity contribution is 7.17. The Kier molecular flexibility index (Phi) is 6.84. The summed E-state index contributed by atoms with van der Waals surface area (Å²) < 4.78 is 34.1. The molecule has 0 fully saturated rings. The highest BCUT2D eigenvalue weighted by Gasteiger charge is 2.30. The maximum atomic E-state index is 12.7. The summed E-state index contributed by atoms with van der Waals surface area (Å²) in [5, 5.41) is 3.28. The Labute approximate surface area is 172 Å². The number of anilines is 1. The van der Waals surface area contributed by atoms with Crippen molar-refractivity contribution >= 4 is 28.2 Å². The zero-order valence-electron chi connectivity index (χ0n) is 16.3. The van der Waals surface area contributed by atoms with Crippen molar-refractivity contribution < 1.29 is 27.8 Å². The van der Waals surface area contributed by atoms with Gasteiger partial charge in [-0.1, -0.05) is 13.3 Å². The fraction of sp³-hybridized carbons (Fsp3) is 0.429. The second-order valence-corrected chi connectivity index (χ2v) is 7.91. The van der Waals surface area contributed by atoms with Gasteiger partial charge in [-0.2, -0.15) is 8.78 Å². The Hall–Kier alpha value is -2.48. The summed E-state index contributed by atoms with van der Waals surface area (Å²) in [4.78, 5) is 26.3. The maximum absolute atomic E-state index is 12.7. The summed E-state index contributed by atoms with van der Waals surface area (Å²) in [7, 11) is 0. The number of hydrogen-bond donors (Lipinski definition) is 1. The molecule has 1 aromatic heterocycles. The molecule has 8 heteroatoms. The van der Waals surface area contributed by atoms with E-state index in [1.165, 1.54) is 35.6 Å². The van der Waals surface area contributed by atoms with E-state index in [0.717, 1.165) is 36.1 Å². The number of carbonyl (C=O) groups excluding carboxylic acids is 2. The minimum Gasteiger partial charge on any atom is -0.462 e. The second kappa shape index (κ2) is 9.35. The van der Waals surface area contributed by atoms with Gasteiger partial charge in [0, 0.05) is 10.4 Å². The number of thiophene rings is 1. The Bertz CT molecular complexity index is 880. The van der Waals surface area contributed by atoms with E-state index in [0.29, 0.717) is 16.5 Å². The topological polar surface area (TPSA) is 64.6 Å². The molecular weight excluding hydrogens is 400 g/mol. The molecule has 0 saturated carbocycles. The van der Waals surface area contributed by atoms with Gasteiger partial charge in [-0.3, -0.25) is 4.79 Å². The van der Waals surface area contributed by atoms with Crippen molar-refractivity contribution in [3.05, 3.63) is 45.8 Å². The van der Waals surface area contributed by atoms with Crippen molar-refractivity contribution in [1.29, 1.82) is 0 Å². The number of ether oxygens (including phenoxy) is 2. The van der Waals surface area contributed by atoms with Crippen LogP contribution in [0.2, 0.25) is 0 Å². The number of nitrogens with one attached hydrogen (secondary N) is 1. The lowest BCUT2D eigenvalue weighted by Gasteiger charge is -2.20. The van der Waals surface area contributed by atoms with E-state index in [9.17, 15) is 18.4 Å². The average molecular weight is 423 g/mol. The van der Waals surface area contributed by atoms with Gasteiger partial charge in [-0.25, -0.2) is 4.79 Å². The Morgan fingerprint density at radius 2 is 1.97 bits per heavy atom. The van der Waals surface area contributed by atoms with Gasteiger partial charge in [0.2, 0.25) is 0 Å². The molecule has 0 saturated heterocycles. The number of amides is 1. The molecule has 1 aliphatic rings. The first-order valence-corrected chi connectivity index (χ1v) is 10.4. The molecule has 1 unspecified atom stereocenters. The molecule has 1 atom stereocenters.